The lowest BCUT2D eigenvalue weighted by Crippen LogP contribution is -2.33. The number of halogens is 1. The van der Waals surface area contributed by atoms with Crippen molar-refractivity contribution in [3.05, 3.63) is 80.2 Å². The molecular formula is C16H10FN3O2S. The van der Waals surface area contributed by atoms with Crippen molar-refractivity contribution in [2.75, 3.05) is 0 Å². The summed E-state index contributed by atoms with van der Waals surface area (Å²) in [6, 6.07) is 12.3. The van der Waals surface area contributed by atoms with E-state index in [1.807, 2.05) is 0 Å². The van der Waals surface area contributed by atoms with E-state index in [9.17, 15) is 14.0 Å². The van der Waals surface area contributed by atoms with Crippen LogP contribution in [0.1, 0.15) is 0 Å². The lowest BCUT2D eigenvalue weighted by Gasteiger charge is -1.93. The summed E-state index contributed by atoms with van der Waals surface area (Å²) in [4.78, 5) is 30.7. The molecule has 0 radical (unpaired) electrons. The highest BCUT2D eigenvalue weighted by Crippen LogP contribution is 2.12. The summed E-state index contributed by atoms with van der Waals surface area (Å²) in [5.41, 5.74) is 1.23. The first-order valence-corrected chi connectivity index (χ1v) is 7.49. The van der Waals surface area contributed by atoms with Crippen molar-refractivity contribution < 1.29 is 4.39 Å². The van der Waals surface area contributed by atoms with Gasteiger partial charge in [-0.15, -0.1) is 0 Å². The molecule has 0 unspecified atom stereocenters. The molecular weight excluding hydrogens is 317 g/mol. The van der Waals surface area contributed by atoms with Crippen LogP contribution in [-0.4, -0.2) is 5.55 Å². The highest BCUT2D eigenvalue weighted by Gasteiger charge is 2.09. The fourth-order valence-electron chi connectivity index (χ4n) is 2.05. The molecule has 3 aromatic rings. The summed E-state index contributed by atoms with van der Waals surface area (Å²) < 4.78 is 12.7. The number of hydrogen-bond acceptors (Lipinski definition) is 6. The maximum absolute atomic E-state index is 12.7. The molecule has 0 aliphatic heterocycles. The van der Waals surface area contributed by atoms with E-state index in [4.69, 9.17) is 0 Å². The van der Waals surface area contributed by atoms with Gasteiger partial charge >= 0.3 is 0 Å². The quantitative estimate of drug-likeness (QED) is 0.262. The van der Waals surface area contributed by atoms with Gasteiger partial charge in [-0.05, 0) is 24.3 Å². The first-order chi connectivity index (χ1) is 11.2. The van der Waals surface area contributed by atoms with Crippen molar-refractivity contribution >= 4 is 34.0 Å². The SMILES string of the molecule is O=c1c(=NNS/C=N/c2ccc(F)cc2)c(=O)c2ccccc12. The molecule has 0 saturated heterocycles. The predicted molar refractivity (Wildman–Crippen MR) is 89.7 cm³/mol. The van der Waals surface area contributed by atoms with Gasteiger partial charge < -0.3 is 0 Å². The second-order valence-electron chi connectivity index (χ2n) is 4.58. The second kappa shape index (κ2) is 6.53. The molecule has 0 heterocycles. The van der Waals surface area contributed by atoms with E-state index < -0.39 is 10.9 Å². The van der Waals surface area contributed by atoms with Crippen molar-refractivity contribution in [3.63, 3.8) is 0 Å². The third-order valence-electron chi connectivity index (χ3n) is 3.14. The average Bonchev–Trinajstić information content (AvgIpc) is 2.81. The number of benzene rings is 2. The van der Waals surface area contributed by atoms with Crippen LogP contribution >= 0.6 is 11.9 Å². The second-order valence-corrected chi connectivity index (χ2v) is 5.21. The Bertz CT molecular complexity index is 972. The summed E-state index contributed by atoms with van der Waals surface area (Å²) in [5.74, 6) is -0.334. The summed E-state index contributed by atoms with van der Waals surface area (Å²) in [6.45, 7) is 0. The lowest BCUT2D eigenvalue weighted by molar-refractivity contribution is 0.628. The monoisotopic (exact) mass is 327 g/mol. The van der Waals surface area contributed by atoms with E-state index in [1.165, 1.54) is 29.8 Å². The van der Waals surface area contributed by atoms with Crippen molar-refractivity contribution in [2.45, 2.75) is 0 Å². The standard InChI is InChI=1S/C16H10FN3O2S/c17-10-5-7-11(8-6-10)18-9-23-20-19-14-15(21)12-3-1-2-4-13(12)16(14)22/h1-9,20H/b18-9+. The molecule has 0 saturated carbocycles. The summed E-state index contributed by atoms with van der Waals surface area (Å²) >= 11 is 0.995. The Morgan fingerprint density at radius 3 is 2.17 bits per heavy atom. The number of rotatable bonds is 4. The third-order valence-corrected chi connectivity index (χ3v) is 3.55. The van der Waals surface area contributed by atoms with E-state index in [2.05, 4.69) is 14.9 Å². The molecule has 3 rings (SSSR count). The maximum atomic E-state index is 12.7. The van der Waals surface area contributed by atoms with Crippen molar-refractivity contribution in [1.82, 2.24) is 4.83 Å². The molecule has 0 aromatic heterocycles. The van der Waals surface area contributed by atoms with Crippen LogP contribution in [0.3, 0.4) is 0 Å². The third kappa shape index (κ3) is 3.19. The maximum Gasteiger partial charge on any atom is 0.217 e. The number of nitrogens with one attached hydrogen (secondary N) is 1. The Morgan fingerprint density at radius 2 is 1.57 bits per heavy atom. The Kier molecular flexibility index (Phi) is 4.29. The minimum Gasteiger partial charge on any atom is -0.287 e. The zero-order chi connectivity index (χ0) is 16.2. The molecule has 23 heavy (non-hydrogen) atoms. The van der Waals surface area contributed by atoms with E-state index in [-0.39, 0.29) is 11.2 Å². The van der Waals surface area contributed by atoms with E-state index >= 15 is 0 Å². The molecule has 0 aliphatic carbocycles. The van der Waals surface area contributed by atoms with Crippen LogP contribution in [0, 0.1) is 5.82 Å². The van der Waals surface area contributed by atoms with E-state index in [1.54, 1.807) is 24.3 Å². The smallest absolute Gasteiger partial charge is 0.217 e. The van der Waals surface area contributed by atoms with Gasteiger partial charge in [-0.1, -0.05) is 24.3 Å². The number of fused-ring (bicyclic) bond motifs is 1. The van der Waals surface area contributed by atoms with Crippen LogP contribution in [-0.2, 0) is 0 Å². The van der Waals surface area contributed by atoms with Gasteiger partial charge in [0.05, 0.1) is 11.2 Å². The highest BCUT2D eigenvalue weighted by molar-refractivity contribution is 8.10. The molecule has 5 nitrogen and oxygen atoms in total. The zero-order valence-electron chi connectivity index (χ0n) is 11.7. The molecule has 3 aromatic carbocycles. The van der Waals surface area contributed by atoms with E-state index in [0.717, 1.165) is 11.9 Å². The Labute approximate surface area is 134 Å². The number of nitrogens with zero attached hydrogens (tertiary/aromatic N) is 2. The summed E-state index contributed by atoms with van der Waals surface area (Å²) in [5, 5.41) is 4.41. The molecule has 0 fully saturated rings. The topological polar surface area (TPSA) is 70.9 Å². The van der Waals surface area contributed by atoms with Gasteiger partial charge in [0.15, 0.2) is 5.36 Å². The van der Waals surface area contributed by atoms with Crippen LogP contribution in [0.4, 0.5) is 10.1 Å². The summed E-state index contributed by atoms with van der Waals surface area (Å²) in [7, 11) is 0. The zero-order valence-corrected chi connectivity index (χ0v) is 12.5. The van der Waals surface area contributed by atoms with Crippen molar-refractivity contribution in [2.24, 2.45) is 10.1 Å². The van der Waals surface area contributed by atoms with Crippen LogP contribution in [0.5, 0.6) is 0 Å². The highest BCUT2D eigenvalue weighted by atomic mass is 32.2. The van der Waals surface area contributed by atoms with Gasteiger partial charge in [-0.2, -0.15) is 5.10 Å². The van der Waals surface area contributed by atoms with Crippen LogP contribution in [0.25, 0.3) is 10.8 Å². The molecule has 0 atom stereocenters. The van der Waals surface area contributed by atoms with Crippen molar-refractivity contribution in [1.29, 1.82) is 0 Å². The first-order valence-electron chi connectivity index (χ1n) is 6.61. The molecule has 0 amide bonds. The van der Waals surface area contributed by atoms with Gasteiger partial charge in [0, 0.05) is 22.7 Å². The van der Waals surface area contributed by atoms with Crippen LogP contribution in [0.15, 0.2) is 68.2 Å². The fraction of sp³-hybridized carbons (Fsp3) is 0. The van der Waals surface area contributed by atoms with Gasteiger partial charge in [0.1, 0.15) is 5.82 Å². The van der Waals surface area contributed by atoms with Gasteiger partial charge in [0.2, 0.25) is 10.9 Å². The Morgan fingerprint density at radius 1 is 0.957 bits per heavy atom. The van der Waals surface area contributed by atoms with Gasteiger partial charge in [0.25, 0.3) is 0 Å². The van der Waals surface area contributed by atoms with Crippen LogP contribution < -0.4 is 21.0 Å². The average molecular weight is 327 g/mol. The first kappa shape index (κ1) is 15.1. The molecule has 0 bridgehead atoms. The van der Waals surface area contributed by atoms with Crippen LogP contribution in [0.2, 0.25) is 0 Å². The molecule has 0 aliphatic rings. The van der Waals surface area contributed by atoms with Crippen molar-refractivity contribution in [3.8, 4) is 0 Å². The lowest BCUT2D eigenvalue weighted by atomic mass is 10.2. The largest absolute Gasteiger partial charge is 0.287 e. The number of aliphatic imine (C=N–C) groups is 1. The normalized spacial score (nSPS) is 11.2. The van der Waals surface area contributed by atoms with Gasteiger partial charge in [-0.3, -0.25) is 9.59 Å². The van der Waals surface area contributed by atoms with E-state index in [0.29, 0.717) is 16.5 Å². The molecule has 1 N–H and O–H groups in total. The predicted octanol–water partition coefficient (Wildman–Crippen LogP) is 1.99. The molecule has 7 heteroatoms. The molecule has 114 valence electrons. The minimum absolute atomic E-state index is 0.145. The Hall–Kier alpha value is -2.80. The fourth-order valence-corrected chi connectivity index (χ4v) is 2.41. The summed E-state index contributed by atoms with van der Waals surface area (Å²) in [6.07, 6.45) is 0. The van der Waals surface area contributed by atoms with Gasteiger partial charge in [-0.25, -0.2) is 14.2 Å². The number of hydrogen-bond donors (Lipinski definition) is 1. The minimum atomic E-state index is -0.394. The Balaban J connectivity index is 1.75. The molecule has 0 spiro atoms.